The van der Waals surface area contributed by atoms with Crippen LogP contribution in [0.3, 0.4) is 0 Å². The molecule has 1 amide bonds. The number of hydrogen-bond donors (Lipinski definition) is 1. The monoisotopic (exact) mass is 388 g/mol. The molecule has 1 aromatic heterocycles. The summed E-state index contributed by atoms with van der Waals surface area (Å²) in [6.45, 7) is 6.82. The molecule has 3 aliphatic heterocycles. The van der Waals surface area contributed by atoms with Crippen molar-refractivity contribution >= 4 is 17.7 Å². The van der Waals surface area contributed by atoms with Crippen molar-refractivity contribution < 1.29 is 9.53 Å². The van der Waals surface area contributed by atoms with Crippen molar-refractivity contribution in [3.05, 3.63) is 12.3 Å². The molecule has 0 radical (unpaired) electrons. The van der Waals surface area contributed by atoms with E-state index in [9.17, 15) is 4.79 Å². The lowest BCUT2D eigenvalue weighted by atomic mass is 9.92. The second-order valence-corrected chi connectivity index (χ2v) is 7.98. The highest BCUT2D eigenvalue weighted by molar-refractivity contribution is 5.79. The third-order valence-electron chi connectivity index (χ3n) is 6.29. The van der Waals surface area contributed by atoms with E-state index in [1.807, 2.05) is 24.2 Å². The van der Waals surface area contributed by atoms with Gasteiger partial charge in [0.15, 0.2) is 0 Å². The minimum absolute atomic E-state index is 0.153. The molecule has 3 aliphatic rings. The number of amides is 1. The van der Waals surface area contributed by atoms with Crippen LogP contribution >= 0.6 is 0 Å². The van der Waals surface area contributed by atoms with Gasteiger partial charge in [-0.2, -0.15) is 4.98 Å². The lowest BCUT2D eigenvalue weighted by Gasteiger charge is -2.43. The first-order valence-electron chi connectivity index (χ1n) is 10.6. The average molecular weight is 389 g/mol. The van der Waals surface area contributed by atoms with Crippen molar-refractivity contribution in [1.82, 2.24) is 19.8 Å². The van der Waals surface area contributed by atoms with E-state index >= 15 is 0 Å². The van der Waals surface area contributed by atoms with E-state index in [0.29, 0.717) is 25.2 Å². The summed E-state index contributed by atoms with van der Waals surface area (Å²) >= 11 is 0. The summed E-state index contributed by atoms with van der Waals surface area (Å²) in [6.07, 6.45) is 6.16. The van der Waals surface area contributed by atoms with E-state index in [2.05, 4.69) is 25.1 Å². The Morgan fingerprint density at radius 1 is 1.14 bits per heavy atom. The molecule has 0 spiro atoms. The van der Waals surface area contributed by atoms with Crippen LogP contribution in [-0.2, 0) is 9.53 Å². The third-order valence-corrected chi connectivity index (χ3v) is 6.29. The number of carbonyl (C=O) groups is 1. The Balaban J connectivity index is 1.30. The van der Waals surface area contributed by atoms with Gasteiger partial charge in [0.2, 0.25) is 11.9 Å². The van der Waals surface area contributed by atoms with E-state index in [4.69, 9.17) is 4.74 Å². The molecule has 8 heteroatoms. The number of nitrogens with zero attached hydrogens (tertiary/aromatic N) is 5. The number of hydrogen-bond acceptors (Lipinski definition) is 7. The van der Waals surface area contributed by atoms with Gasteiger partial charge in [-0.15, -0.1) is 0 Å². The van der Waals surface area contributed by atoms with Gasteiger partial charge in [0.05, 0.1) is 19.1 Å². The van der Waals surface area contributed by atoms with Gasteiger partial charge in [0, 0.05) is 52.0 Å². The number of rotatable bonds is 4. The van der Waals surface area contributed by atoms with E-state index in [1.165, 1.54) is 0 Å². The maximum Gasteiger partial charge on any atom is 0.227 e. The Morgan fingerprint density at radius 3 is 2.68 bits per heavy atom. The van der Waals surface area contributed by atoms with Gasteiger partial charge in [-0.3, -0.25) is 9.69 Å². The van der Waals surface area contributed by atoms with Crippen molar-refractivity contribution in [1.29, 1.82) is 0 Å². The van der Waals surface area contributed by atoms with Gasteiger partial charge in [0.1, 0.15) is 5.82 Å². The Bertz CT molecular complexity index is 658. The zero-order valence-electron chi connectivity index (χ0n) is 16.8. The van der Waals surface area contributed by atoms with Gasteiger partial charge < -0.3 is 19.9 Å². The number of anilines is 2. The molecule has 0 aliphatic carbocycles. The molecule has 1 atom stereocenters. The Kier molecular flexibility index (Phi) is 6.26. The molecule has 3 fully saturated rings. The number of carbonyl (C=O) groups excluding carboxylic acids is 1. The SMILES string of the molecule is CNc1ccnc(N2CCC(N3CCC[C@@H](C(=O)N4CCOCC4)C3)CC2)n1. The molecule has 0 unspecified atom stereocenters. The molecule has 3 saturated heterocycles. The van der Waals surface area contributed by atoms with E-state index in [-0.39, 0.29) is 5.92 Å². The summed E-state index contributed by atoms with van der Waals surface area (Å²) in [4.78, 5) is 28.7. The summed E-state index contributed by atoms with van der Waals surface area (Å²) in [5, 5.41) is 3.08. The van der Waals surface area contributed by atoms with Crippen LogP contribution in [0.4, 0.5) is 11.8 Å². The highest BCUT2D eigenvalue weighted by Gasteiger charge is 2.34. The first-order valence-corrected chi connectivity index (χ1v) is 10.6. The molecule has 0 bridgehead atoms. The van der Waals surface area contributed by atoms with Gasteiger partial charge in [-0.1, -0.05) is 0 Å². The molecular formula is C20H32N6O2. The van der Waals surface area contributed by atoms with Crippen LogP contribution in [0.2, 0.25) is 0 Å². The summed E-state index contributed by atoms with van der Waals surface area (Å²) in [5.74, 6) is 2.15. The van der Waals surface area contributed by atoms with Crippen molar-refractivity contribution in [2.75, 3.05) is 69.7 Å². The molecule has 28 heavy (non-hydrogen) atoms. The van der Waals surface area contributed by atoms with Crippen LogP contribution in [0, 0.1) is 5.92 Å². The van der Waals surface area contributed by atoms with Crippen LogP contribution in [-0.4, -0.2) is 91.2 Å². The summed E-state index contributed by atoms with van der Waals surface area (Å²) in [5.41, 5.74) is 0. The molecular weight excluding hydrogens is 356 g/mol. The van der Waals surface area contributed by atoms with Gasteiger partial charge in [0.25, 0.3) is 0 Å². The average Bonchev–Trinajstić information content (AvgIpc) is 2.79. The first kappa shape index (κ1) is 19.4. The second-order valence-electron chi connectivity index (χ2n) is 7.98. The van der Waals surface area contributed by atoms with E-state index in [0.717, 1.165) is 76.7 Å². The molecule has 4 heterocycles. The predicted molar refractivity (Wildman–Crippen MR) is 109 cm³/mol. The third kappa shape index (κ3) is 4.38. The van der Waals surface area contributed by atoms with Gasteiger partial charge in [-0.25, -0.2) is 4.98 Å². The number of nitrogens with one attached hydrogen (secondary N) is 1. The largest absolute Gasteiger partial charge is 0.378 e. The van der Waals surface area contributed by atoms with Crippen molar-refractivity contribution in [3.63, 3.8) is 0 Å². The number of ether oxygens (including phenoxy) is 1. The minimum atomic E-state index is 0.153. The number of morpholine rings is 1. The predicted octanol–water partition coefficient (Wildman–Crippen LogP) is 1.06. The molecule has 1 N–H and O–H groups in total. The van der Waals surface area contributed by atoms with Gasteiger partial charge in [-0.05, 0) is 38.3 Å². The maximum atomic E-state index is 12.9. The van der Waals surface area contributed by atoms with Crippen molar-refractivity contribution in [3.8, 4) is 0 Å². The fraction of sp³-hybridized carbons (Fsp3) is 0.750. The smallest absolute Gasteiger partial charge is 0.227 e. The van der Waals surface area contributed by atoms with Gasteiger partial charge >= 0.3 is 0 Å². The normalized spacial score (nSPS) is 25.0. The molecule has 0 saturated carbocycles. The number of piperidine rings is 2. The van der Waals surface area contributed by atoms with Crippen LogP contribution in [0.15, 0.2) is 12.3 Å². The lowest BCUT2D eigenvalue weighted by molar-refractivity contribution is -0.141. The lowest BCUT2D eigenvalue weighted by Crippen LogP contribution is -2.52. The summed E-state index contributed by atoms with van der Waals surface area (Å²) < 4.78 is 5.39. The van der Waals surface area contributed by atoms with Crippen LogP contribution in [0.5, 0.6) is 0 Å². The molecule has 1 aromatic rings. The van der Waals surface area contributed by atoms with E-state index in [1.54, 1.807) is 0 Å². The Labute approximate surface area is 167 Å². The zero-order chi connectivity index (χ0) is 19.3. The zero-order valence-corrected chi connectivity index (χ0v) is 16.8. The minimum Gasteiger partial charge on any atom is -0.378 e. The number of likely N-dealkylation sites (tertiary alicyclic amines) is 1. The second kappa shape index (κ2) is 9.05. The highest BCUT2D eigenvalue weighted by atomic mass is 16.5. The number of aromatic nitrogens is 2. The fourth-order valence-corrected chi connectivity index (χ4v) is 4.65. The molecule has 154 valence electrons. The maximum absolute atomic E-state index is 12.9. The van der Waals surface area contributed by atoms with E-state index < -0.39 is 0 Å². The Morgan fingerprint density at radius 2 is 1.93 bits per heavy atom. The molecule has 4 rings (SSSR count). The molecule has 0 aromatic carbocycles. The topological polar surface area (TPSA) is 73.8 Å². The van der Waals surface area contributed by atoms with Crippen LogP contribution in [0.25, 0.3) is 0 Å². The van der Waals surface area contributed by atoms with Crippen LogP contribution in [0.1, 0.15) is 25.7 Å². The summed E-state index contributed by atoms with van der Waals surface area (Å²) in [7, 11) is 1.88. The highest BCUT2D eigenvalue weighted by Crippen LogP contribution is 2.26. The Hall–Kier alpha value is -1.93. The quantitative estimate of drug-likeness (QED) is 0.827. The first-order chi connectivity index (χ1) is 13.7. The van der Waals surface area contributed by atoms with Crippen LogP contribution < -0.4 is 10.2 Å². The van der Waals surface area contributed by atoms with Crippen molar-refractivity contribution in [2.24, 2.45) is 5.92 Å². The van der Waals surface area contributed by atoms with Crippen molar-refractivity contribution in [2.45, 2.75) is 31.7 Å². The summed E-state index contributed by atoms with van der Waals surface area (Å²) in [6, 6.07) is 2.44. The fourth-order valence-electron chi connectivity index (χ4n) is 4.65. The standard InChI is InChI=1S/C20H32N6O2/c1-21-18-4-7-22-20(23-18)25-9-5-17(6-10-25)26-8-2-3-16(15-26)19(27)24-11-13-28-14-12-24/h4,7,16-17H,2-3,5-6,8-15H2,1H3,(H,21,22,23)/t16-/m1/s1. The molecule has 8 nitrogen and oxygen atoms in total.